The van der Waals surface area contributed by atoms with Gasteiger partial charge in [-0.15, -0.1) is 0 Å². The number of aryl methyl sites for hydroxylation is 2. The van der Waals surface area contributed by atoms with Crippen LogP contribution in [0.2, 0.25) is 0 Å². The normalized spacial score (nSPS) is 17.4. The summed E-state index contributed by atoms with van der Waals surface area (Å²) in [6.45, 7) is 8.73. The molecule has 4 rings (SSSR count). The van der Waals surface area contributed by atoms with Crippen LogP contribution in [-0.4, -0.2) is 87.6 Å². The van der Waals surface area contributed by atoms with Gasteiger partial charge in [0.15, 0.2) is 0 Å². The molecule has 0 unspecified atom stereocenters. The average molecular weight is 707 g/mol. The maximum absolute atomic E-state index is 14.0. The fourth-order valence-electron chi connectivity index (χ4n) is 5.45. The Balaban J connectivity index is 1.69. The summed E-state index contributed by atoms with van der Waals surface area (Å²) in [7, 11) is -11.4. The highest BCUT2D eigenvalue weighted by Crippen LogP contribution is 2.52. The van der Waals surface area contributed by atoms with Crippen LogP contribution < -0.4 is 0 Å². The number of benzene rings is 2. The van der Waals surface area contributed by atoms with Crippen molar-refractivity contribution < 1.29 is 30.4 Å². The summed E-state index contributed by atoms with van der Waals surface area (Å²) in [5.74, 6) is 0. The van der Waals surface area contributed by atoms with Gasteiger partial charge in [-0.25, -0.2) is 26.1 Å². The maximum atomic E-state index is 14.0. The molecule has 2 bridgehead atoms. The standard InChI is InChI=1S/C33H47N4O7PS2/c1-5-43-45(38,44-6-2)35-22-8-24-36(46(39,40)32-16-12-28(3)13-17-32)26-20-30-10-7-11-31(34-30)21-27-37(25-9-23-35)47(41,42)33-18-14-29(4)15-19-33/h7,10-19H,5-6,8-9,20-27H2,1-4H3. The molecule has 258 valence electrons. The first-order valence-corrected chi connectivity index (χ1v) is 20.5. The molecule has 2 heterocycles. The summed E-state index contributed by atoms with van der Waals surface area (Å²) in [5.41, 5.74) is 3.35. The summed E-state index contributed by atoms with van der Waals surface area (Å²) in [6, 6.07) is 19.1. The second-order valence-electron chi connectivity index (χ2n) is 11.5. The van der Waals surface area contributed by atoms with Crippen molar-refractivity contribution in [3.8, 4) is 0 Å². The Morgan fingerprint density at radius 2 is 1.04 bits per heavy atom. The number of aromatic nitrogens is 1. The zero-order valence-corrected chi connectivity index (χ0v) is 30.3. The Bertz CT molecular complexity index is 1600. The van der Waals surface area contributed by atoms with Crippen LogP contribution in [0, 0.1) is 13.8 Å². The Hall–Kier alpha value is -2.48. The molecule has 0 spiro atoms. The van der Waals surface area contributed by atoms with Gasteiger partial charge in [0.2, 0.25) is 20.0 Å². The molecule has 0 radical (unpaired) electrons. The molecule has 14 heteroatoms. The molecule has 0 amide bonds. The van der Waals surface area contributed by atoms with Gasteiger partial charge in [0.05, 0.1) is 23.0 Å². The number of fused-ring (bicyclic) bond motifs is 2. The Morgan fingerprint density at radius 1 is 0.638 bits per heavy atom. The van der Waals surface area contributed by atoms with E-state index < -0.39 is 27.8 Å². The van der Waals surface area contributed by atoms with Gasteiger partial charge in [-0.1, -0.05) is 41.5 Å². The molecule has 11 nitrogen and oxygen atoms in total. The first kappa shape index (κ1) is 37.3. The number of hydrogen-bond donors (Lipinski definition) is 0. The number of nitrogens with zero attached hydrogens (tertiary/aromatic N) is 4. The van der Waals surface area contributed by atoms with E-state index in [-0.39, 0.29) is 62.3 Å². The smallest absolute Gasteiger partial charge is 0.297 e. The molecular formula is C33H47N4O7PS2. The zero-order valence-electron chi connectivity index (χ0n) is 27.7. The minimum absolute atomic E-state index is 0.153. The van der Waals surface area contributed by atoms with Crippen molar-refractivity contribution in [3.63, 3.8) is 0 Å². The van der Waals surface area contributed by atoms with Crippen molar-refractivity contribution in [1.29, 1.82) is 0 Å². The van der Waals surface area contributed by atoms with Gasteiger partial charge < -0.3 is 0 Å². The van der Waals surface area contributed by atoms with Gasteiger partial charge in [0.1, 0.15) is 0 Å². The molecule has 1 aliphatic heterocycles. The molecule has 1 aliphatic rings. The third-order valence-electron chi connectivity index (χ3n) is 8.00. The van der Waals surface area contributed by atoms with E-state index in [0.29, 0.717) is 37.1 Å². The first-order chi connectivity index (χ1) is 22.4. The fourth-order valence-corrected chi connectivity index (χ4v) is 10.2. The van der Waals surface area contributed by atoms with Gasteiger partial charge in [-0.3, -0.25) is 14.0 Å². The van der Waals surface area contributed by atoms with E-state index in [9.17, 15) is 21.4 Å². The van der Waals surface area contributed by atoms with Crippen LogP contribution in [0.5, 0.6) is 0 Å². The highest BCUT2D eigenvalue weighted by Gasteiger charge is 2.34. The molecular weight excluding hydrogens is 659 g/mol. The van der Waals surface area contributed by atoms with Crippen molar-refractivity contribution in [1.82, 2.24) is 18.3 Å². The predicted octanol–water partition coefficient (Wildman–Crippen LogP) is 5.44. The highest BCUT2D eigenvalue weighted by molar-refractivity contribution is 7.89. The molecule has 0 aliphatic carbocycles. The quantitative estimate of drug-likeness (QED) is 0.268. The van der Waals surface area contributed by atoms with Gasteiger partial charge in [0, 0.05) is 63.5 Å². The molecule has 3 aromatic rings. The minimum atomic E-state index is -3.83. The Kier molecular flexibility index (Phi) is 13.3. The summed E-state index contributed by atoms with van der Waals surface area (Å²) in [6.07, 6.45) is 1.41. The second kappa shape index (κ2) is 16.8. The van der Waals surface area contributed by atoms with E-state index in [1.165, 1.54) is 8.61 Å². The largest absolute Gasteiger partial charge is 0.408 e. The van der Waals surface area contributed by atoms with Crippen LogP contribution >= 0.6 is 7.75 Å². The zero-order chi connectivity index (χ0) is 34.1. The van der Waals surface area contributed by atoms with Crippen LogP contribution in [0.25, 0.3) is 0 Å². The van der Waals surface area contributed by atoms with Crippen molar-refractivity contribution in [3.05, 3.63) is 89.2 Å². The summed E-state index contributed by atoms with van der Waals surface area (Å²) in [5, 5.41) is 0. The number of sulfonamides is 2. The van der Waals surface area contributed by atoms with E-state index in [2.05, 4.69) is 0 Å². The van der Waals surface area contributed by atoms with E-state index in [4.69, 9.17) is 14.0 Å². The topological polar surface area (TPSA) is 126 Å². The lowest BCUT2D eigenvalue weighted by molar-refractivity contribution is 0.163. The Labute approximate surface area is 280 Å². The predicted molar refractivity (Wildman–Crippen MR) is 183 cm³/mol. The van der Waals surface area contributed by atoms with Crippen molar-refractivity contribution in [2.75, 3.05) is 52.5 Å². The lowest BCUT2D eigenvalue weighted by atomic mass is 10.2. The SMILES string of the molecule is CCOP(=O)(OCC)N1CCCN(S(=O)(=O)c2ccc(C)cc2)CCc2cccc(n2)CCN(S(=O)(=O)c2ccc(C)cc2)CCC1. The second-order valence-corrected chi connectivity index (χ2v) is 17.4. The summed E-state index contributed by atoms with van der Waals surface area (Å²) < 4.78 is 85.2. The summed E-state index contributed by atoms with van der Waals surface area (Å²) >= 11 is 0. The van der Waals surface area contributed by atoms with E-state index in [1.54, 1.807) is 67.0 Å². The lowest BCUT2D eigenvalue weighted by Crippen LogP contribution is -2.38. The summed E-state index contributed by atoms with van der Waals surface area (Å²) in [4.78, 5) is 5.19. The van der Waals surface area contributed by atoms with E-state index in [0.717, 1.165) is 11.1 Å². The molecule has 0 saturated carbocycles. The van der Waals surface area contributed by atoms with Crippen LogP contribution in [0.15, 0.2) is 76.5 Å². The van der Waals surface area contributed by atoms with Crippen LogP contribution in [0.4, 0.5) is 0 Å². The first-order valence-electron chi connectivity index (χ1n) is 16.1. The van der Waals surface area contributed by atoms with Crippen molar-refractivity contribution in [2.45, 2.75) is 63.2 Å². The van der Waals surface area contributed by atoms with Gasteiger partial charge in [-0.2, -0.15) is 8.61 Å². The van der Waals surface area contributed by atoms with E-state index in [1.807, 2.05) is 32.0 Å². The fraction of sp³-hybridized carbons (Fsp3) is 0.485. The van der Waals surface area contributed by atoms with Gasteiger partial charge in [0.25, 0.3) is 0 Å². The molecule has 0 atom stereocenters. The molecule has 2 aromatic carbocycles. The molecule has 0 N–H and O–H groups in total. The number of pyridine rings is 1. The van der Waals surface area contributed by atoms with Crippen LogP contribution in [-0.2, 0) is 46.5 Å². The molecule has 0 fully saturated rings. The van der Waals surface area contributed by atoms with Gasteiger partial charge in [-0.05, 0) is 76.9 Å². The number of hydrogen-bond acceptors (Lipinski definition) is 8. The highest BCUT2D eigenvalue weighted by atomic mass is 32.2. The monoisotopic (exact) mass is 706 g/mol. The third kappa shape index (κ3) is 9.79. The number of rotatable bonds is 9. The van der Waals surface area contributed by atoms with E-state index >= 15 is 0 Å². The average Bonchev–Trinajstić information content (AvgIpc) is 3.03. The van der Waals surface area contributed by atoms with Crippen molar-refractivity contribution in [2.24, 2.45) is 0 Å². The Morgan fingerprint density at radius 3 is 1.43 bits per heavy atom. The minimum Gasteiger partial charge on any atom is -0.297 e. The van der Waals surface area contributed by atoms with Gasteiger partial charge >= 0.3 is 7.75 Å². The molecule has 0 saturated heterocycles. The molecule has 47 heavy (non-hydrogen) atoms. The third-order valence-corrected chi connectivity index (χ3v) is 14.1. The van der Waals surface area contributed by atoms with Crippen LogP contribution in [0.1, 0.15) is 49.2 Å². The maximum Gasteiger partial charge on any atom is 0.408 e. The van der Waals surface area contributed by atoms with Crippen LogP contribution in [0.3, 0.4) is 0 Å². The molecule has 1 aromatic heterocycles. The lowest BCUT2D eigenvalue weighted by Gasteiger charge is -2.31. The van der Waals surface area contributed by atoms with Crippen molar-refractivity contribution >= 4 is 27.8 Å².